The lowest BCUT2D eigenvalue weighted by Gasteiger charge is -2.56. The van der Waals surface area contributed by atoms with Gasteiger partial charge in [-0.3, -0.25) is 19.3 Å². The first-order chi connectivity index (χ1) is 28.6. The molecule has 0 saturated heterocycles. The molecule has 1 aromatic heterocycles. The number of Topliss-reactive ketones (excluding diaryl/α,β-unsaturated/α-hetero) is 3. The molecule has 3 aromatic carbocycles. The Labute approximate surface area is 368 Å². The molecule has 61 heavy (non-hydrogen) atoms. The lowest BCUT2D eigenvalue weighted by atomic mass is 9.54. The van der Waals surface area contributed by atoms with Crippen LogP contribution in [0.1, 0.15) is 103 Å². The van der Waals surface area contributed by atoms with Gasteiger partial charge < -0.3 is 23.3 Å². The third-order valence-corrected chi connectivity index (χ3v) is 18.3. The van der Waals surface area contributed by atoms with Gasteiger partial charge in [-0.2, -0.15) is 0 Å². The van der Waals surface area contributed by atoms with Crippen molar-refractivity contribution in [2.75, 3.05) is 27.7 Å². The van der Waals surface area contributed by atoms with Crippen molar-refractivity contribution in [2.45, 2.75) is 104 Å². The molecule has 3 aliphatic carbocycles. The van der Waals surface area contributed by atoms with Crippen LogP contribution in [0, 0.1) is 29.0 Å². The first-order valence-electron chi connectivity index (χ1n) is 21.1. The quantitative estimate of drug-likeness (QED) is 0.101. The maximum absolute atomic E-state index is 17.3. The standard InChI is InChI=1S/C48H59BrFN3O7Si/c1-46(2,3)27-53(9)24-32-37(49)41(57-25-28-18-14-12-15-19-28)35-31(38(32)50)22-30-23-33-39(52(7)8)42-36(45(51-59-42)58-26-29-20-16-13-17-21-29)44(56)48(33,43(55)34(30)40(35)54)60-61(10,11)47(4,5)6/h12-21,30,33-34,39H,22-27H2,1-11H3/t30-,33-,34?,39-,48-/m0/s1. The molecular weight excluding hydrogens is 858 g/mol. The van der Waals surface area contributed by atoms with Gasteiger partial charge in [-0.25, -0.2) is 4.39 Å². The van der Waals surface area contributed by atoms with Crippen molar-refractivity contribution in [2.24, 2.45) is 23.2 Å². The summed E-state index contributed by atoms with van der Waals surface area (Å²) in [6.45, 7) is 17.7. The van der Waals surface area contributed by atoms with E-state index in [4.69, 9.17) is 18.4 Å². The van der Waals surface area contributed by atoms with E-state index < -0.39 is 65.9 Å². The predicted octanol–water partition coefficient (Wildman–Crippen LogP) is 10.0. The van der Waals surface area contributed by atoms with E-state index in [0.717, 1.165) is 11.1 Å². The second-order valence-electron chi connectivity index (χ2n) is 20.1. The Kier molecular flexibility index (Phi) is 12.3. The number of fused-ring (bicyclic) bond motifs is 4. The number of hydrogen-bond donors (Lipinski definition) is 0. The number of nitrogens with zero attached hydrogens (tertiary/aromatic N) is 3. The largest absolute Gasteiger partial charge is 0.487 e. The van der Waals surface area contributed by atoms with Crippen LogP contribution in [0.4, 0.5) is 4.39 Å². The zero-order valence-electron chi connectivity index (χ0n) is 37.3. The fourth-order valence-corrected chi connectivity index (χ4v) is 11.5. The van der Waals surface area contributed by atoms with E-state index in [2.05, 4.69) is 46.8 Å². The summed E-state index contributed by atoms with van der Waals surface area (Å²) in [5, 5.41) is 3.86. The van der Waals surface area contributed by atoms with Gasteiger partial charge in [0.15, 0.2) is 31.2 Å². The lowest BCUT2D eigenvalue weighted by Crippen LogP contribution is -2.70. The smallest absolute Gasteiger partial charge is 0.265 e. The Morgan fingerprint density at radius 3 is 2.05 bits per heavy atom. The number of ketones is 3. The number of carbonyl (C=O) groups excluding carboxylic acids is 3. The van der Waals surface area contributed by atoms with E-state index in [1.165, 1.54) is 0 Å². The number of ether oxygens (including phenoxy) is 2. The summed E-state index contributed by atoms with van der Waals surface area (Å²) >= 11 is 3.70. The van der Waals surface area contributed by atoms with Crippen molar-refractivity contribution in [1.82, 2.24) is 15.0 Å². The zero-order chi connectivity index (χ0) is 44.4. The highest BCUT2D eigenvalue weighted by molar-refractivity contribution is 9.10. The van der Waals surface area contributed by atoms with Crippen molar-refractivity contribution in [3.8, 4) is 11.6 Å². The number of benzene rings is 3. The van der Waals surface area contributed by atoms with Gasteiger partial charge >= 0.3 is 0 Å². The molecule has 13 heteroatoms. The van der Waals surface area contributed by atoms with E-state index in [0.29, 0.717) is 16.6 Å². The van der Waals surface area contributed by atoms with Crippen LogP contribution in [0.15, 0.2) is 69.7 Å². The maximum Gasteiger partial charge on any atom is 0.265 e. The highest BCUT2D eigenvalue weighted by Crippen LogP contribution is 2.59. The van der Waals surface area contributed by atoms with Crippen LogP contribution in [0.25, 0.3) is 0 Å². The van der Waals surface area contributed by atoms with Gasteiger partial charge in [-0.15, -0.1) is 0 Å². The summed E-state index contributed by atoms with van der Waals surface area (Å²) in [6.07, 6.45) is 0.296. The van der Waals surface area contributed by atoms with E-state index in [1.807, 2.05) is 121 Å². The third-order valence-electron chi connectivity index (χ3n) is 13.0. The van der Waals surface area contributed by atoms with Crippen LogP contribution in [0.5, 0.6) is 11.6 Å². The van der Waals surface area contributed by atoms with Crippen LogP contribution >= 0.6 is 15.9 Å². The minimum atomic E-state index is -2.98. The van der Waals surface area contributed by atoms with Crippen LogP contribution < -0.4 is 9.47 Å². The van der Waals surface area contributed by atoms with Gasteiger partial charge in [0.05, 0.1) is 22.0 Å². The van der Waals surface area contributed by atoms with Gasteiger partial charge in [-0.05, 0) is 95.7 Å². The van der Waals surface area contributed by atoms with E-state index >= 15 is 18.8 Å². The van der Waals surface area contributed by atoms with Crippen LogP contribution in [0.2, 0.25) is 18.1 Å². The molecule has 7 rings (SSSR count). The minimum absolute atomic E-state index is 0.0306. The Balaban J connectivity index is 1.39. The Morgan fingerprint density at radius 1 is 0.902 bits per heavy atom. The van der Waals surface area contributed by atoms with Gasteiger partial charge in [0, 0.05) is 30.1 Å². The number of halogens is 2. The molecule has 0 N–H and O–H groups in total. The summed E-state index contributed by atoms with van der Waals surface area (Å²) in [7, 11) is 2.69. The molecule has 326 valence electrons. The average Bonchev–Trinajstić information content (AvgIpc) is 3.60. The monoisotopic (exact) mass is 915 g/mol. The van der Waals surface area contributed by atoms with E-state index in [-0.39, 0.29) is 72.1 Å². The molecule has 4 aromatic rings. The Hall–Kier alpha value is -4.01. The van der Waals surface area contributed by atoms with Gasteiger partial charge in [0.1, 0.15) is 30.3 Å². The Morgan fingerprint density at radius 2 is 1.49 bits per heavy atom. The molecular formula is C48H59BrFN3O7Si. The second kappa shape index (κ2) is 16.6. The normalized spacial score (nSPS) is 22.8. The average molecular weight is 917 g/mol. The minimum Gasteiger partial charge on any atom is -0.487 e. The van der Waals surface area contributed by atoms with Crippen LogP contribution in [-0.4, -0.2) is 73.9 Å². The first-order valence-corrected chi connectivity index (χ1v) is 24.8. The van der Waals surface area contributed by atoms with E-state index in [9.17, 15) is 0 Å². The van der Waals surface area contributed by atoms with Crippen molar-refractivity contribution in [1.29, 1.82) is 0 Å². The molecule has 1 fully saturated rings. The molecule has 0 radical (unpaired) electrons. The van der Waals surface area contributed by atoms with Crippen LogP contribution in [-0.2, 0) is 35.4 Å². The number of aromatic nitrogens is 1. The number of rotatable bonds is 12. The van der Waals surface area contributed by atoms with Crippen molar-refractivity contribution < 1.29 is 37.2 Å². The molecule has 10 nitrogen and oxygen atoms in total. The second-order valence-corrected chi connectivity index (χ2v) is 25.7. The molecule has 3 aliphatic rings. The lowest BCUT2D eigenvalue weighted by molar-refractivity contribution is -0.151. The SMILES string of the molecule is CN(Cc1c(F)c2c(c(OCc3ccccc3)c1Br)C(=O)C1C(=O)[C@]3(O[Si](C)(C)C(C)(C)C)C(=O)c4c(OCc5ccccc5)noc4[C@@H](N(C)C)[C@@H]3C[C@@H]1C2)CC(C)(C)C. The van der Waals surface area contributed by atoms with Crippen molar-refractivity contribution >= 4 is 41.6 Å². The maximum atomic E-state index is 17.3. The zero-order valence-corrected chi connectivity index (χ0v) is 39.9. The highest BCUT2D eigenvalue weighted by atomic mass is 79.9. The fraction of sp³-hybridized carbons (Fsp3) is 0.500. The fourth-order valence-electron chi connectivity index (χ4n) is 9.42. The molecule has 1 unspecified atom stereocenters. The summed E-state index contributed by atoms with van der Waals surface area (Å²) in [5.74, 6) is -4.61. The van der Waals surface area contributed by atoms with Crippen molar-refractivity contribution in [3.63, 3.8) is 0 Å². The van der Waals surface area contributed by atoms with Crippen molar-refractivity contribution in [3.05, 3.63) is 110 Å². The molecule has 1 heterocycles. The molecule has 0 amide bonds. The molecule has 0 spiro atoms. The summed E-state index contributed by atoms with van der Waals surface area (Å²) in [4.78, 5) is 51.0. The molecule has 0 bridgehead atoms. The predicted molar refractivity (Wildman–Crippen MR) is 238 cm³/mol. The molecule has 0 aliphatic heterocycles. The summed E-state index contributed by atoms with van der Waals surface area (Å²) < 4.78 is 43.7. The van der Waals surface area contributed by atoms with Gasteiger partial charge in [-0.1, -0.05) is 102 Å². The van der Waals surface area contributed by atoms with Gasteiger partial charge in [0.2, 0.25) is 5.78 Å². The third kappa shape index (κ3) is 8.21. The van der Waals surface area contributed by atoms with Crippen LogP contribution in [0.3, 0.4) is 0 Å². The highest BCUT2D eigenvalue weighted by Gasteiger charge is 2.70. The van der Waals surface area contributed by atoms with Gasteiger partial charge in [0.25, 0.3) is 5.88 Å². The molecule has 5 atom stereocenters. The number of hydrogen-bond acceptors (Lipinski definition) is 10. The summed E-state index contributed by atoms with van der Waals surface area (Å²) in [6, 6.07) is 18.4. The van der Waals surface area contributed by atoms with E-state index in [1.54, 1.807) is 0 Å². The first kappa shape index (κ1) is 45.0. The topological polar surface area (TPSA) is 111 Å². The number of carbonyl (C=O) groups is 3. The summed E-state index contributed by atoms with van der Waals surface area (Å²) in [5.41, 5.74) is 0.248. The Bertz CT molecular complexity index is 2320. The molecule has 1 saturated carbocycles.